The van der Waals surface area contributed by atoms with Crippen LogP contribution in [-0.2, 0) is 4.74 Å². The number of nitrogens with one attached hydrogen (secondary N) is 1. The average molecular weight is 375 g/mol. The zero-order valence-electron chi connectivity index (χ0n) is 16.8. The predicted octanol–water partition coefficient (Wildman–Crippen LogP) is 2.91. The van der Waals surface area contributed by atoms with Gasteiger partial charge in [0.15, 0.2) is 0 Å². The zero-order chi connectivity index (χ0) is 20.8. The first-order chi connectivity index (χ1) is 13.2. The van der Waals surface area contributed by atoms with Crippen LogP contribution in [0.15, 0.2) is 41.5 Å². The van der Waals surface area contributed by atoms with Crippen LogP contribution in [0.4, 0.5) is 0 Å². The normalized spacial score (nSPS) is 9.00. The molecule has 0 radical (unpaired) electrons. The van der Waals surface area contributed by atoms with E-state index in [1.165, 1.54) is 24.1 Å². The van der Waals surface area contributed by atoms with Crippen molar-refractivity contribution in [2.45, 2.75) is 34.6 Å². The number of rotatable bonds is 3. The van der Waals surface area contributed by atoms with Gasteiger partial charge in [0.2, 0.25) is 5.95 Å². The van der Waals surface area contributed by atoms with Gasteiger partial charge in [0, 0.05) is 6.20 Å². The smallest absolute Gasteiger partial charge is 0.341 e. The summed E-state index contributed by atoms with van der Waals surface area (Å²) in [5, 5.41) is 4.52. The van der Waals surface area contributed by atoms with E-state index in [0.29, 0.717) is 16.5 Å². The van der Waals surface area contributed by atoms with Gasteiger partial charge in [-0.25, -0.2) is 14.5 Å². The minimum atomic E-state index is -0.466. The van der Waals surface area contributed by atoms with Gasteiger partial charge < -0.3 is 10.5 Å². The van der Waals surface area contributed by atoms with E-state index in [2.05, 4.69) is 20.8 Å². The molecule has 8 nitrogen and oxygen atoms in total. The van der Waals surface area contributed by atoms with Gasteiger partial charge in [0.1, 0.15) is 0 Å². The summed E-state index contributed by atoms with van der Waals surface area (Å²) in [6, 6.07) is 7.00. The maximum absolute atomic E-state index is 12.0. The van der Waals surface area contributed by atoms with E-state index in [-0.39, 0.29) is 18.1 Å². The molecule has 0 aliphatic carbocycles. The van der Waals surface area contributed by atoms with Crippen LogP contribution in [-0.4, -0.2) is 39.4 Å². The summed E-state index contributed by atoms with van der Waals surface area (Å²) < 4.78 is 6.22. The van der Waals surface area contributed by atoms with Crippen molar-refractivity contribution in [2.75, 3.05) is 13.7 Å². The van der Waals surface area contributed by atoms with Crippen LogP contribution >= 0.6 is 0 Å². The molecule has 0 unspecified atom stereocenters. The van der Waals surface area contributed by atoms with Crippen molar-refractivity contribution in [3.8, 4) is 5.95 Å². The Balaban J connectivity index is 0.00000103. The second kappa shape index (κ2) is 13.2. The van der Waals surface area contributed by atoms with Crippen LogP contribution in [0, 0.1) is 0 Å². The number of esters is 1. The summed E-state index contributed by atoms with van der Waals surface area (Å²) in [5.74, 6) is -0.221. The van der Waals surface area contributed by atoms with Gasteiger partial charge in [0.05, 0.1) is 29.3 Å². The number of carbonyl (C=O) groups is 1. The Bertz CT molecular complexity index is 871. The highest BCUT2D eigenvalue weighted by atomic mass is 16.5. The zero-order valence-corrected chi connectivity index (χ0v) is 16.8. The molecule has 0 amide bonds. The summed E-state index contributed by atoms with van der Waals surface area (Å²) in [7, 11) is 1.50. The fraction of sp³-hybridized carbons (Fsp3) is 0.368. The van der Waals surface area contributed by atoms with Gasteiger partial charge in [-0.05, 0) is 26.1 Å². The number of H-pyrrole nitrogens is 1. The molecule has 3 aromatic rings. The first kappa shape index (κ1) is 24.0. The van der Waals surface area contributed by atoms with Gasteiger partial charge in [-0.1, -0.05) is 39.8 Å². The van der Waals surface area contributed by atoms with Crippen molar-refractivity contribution in [3.05, 3.63) is 52.6 Å². The van der Waals surface area contributed by atoms with Crippen LogP contribution in [0.2, 0.25) is 0 Å². The molecule has 8 heteroatoms. The molecule has 2 heterocycles. The molecule has 0 aliphatic heterocycles. The van der Waals surface area contributed by atoms with Crippen LogP contribution < -0.4 is 11.3 Å². The molecule has 0 aliphatic rings. The monoisotopic (exact) mass is 375 g/mol. The molecule has 0 saturated carbocycles. The highest BCUT2D eigenvalue weighted by Gasteiger charge is 2.12. The number of hydrogen-bond donors (Lipinski definition) is 2. The Morgan fingerprint density at radius 3 is 2.44 bits per heavy atom. The van der Waals surface area contributed by atoms with Crippen LogP contribution in [0.1, 0.15) is 45.0 Å². The molecule has 27 heavy (non-hydrogen) atoms. The van der Waals surface area contributed by atoms with Crippen LogP contribution in [0.25, 0.3) is 16.9 Å². The van der Waals surface area contributed by atoms with Gasteiger partial charge >= 0.3 is 5.97 Å². The Hall–Kier alpha value is -3.00. The predicted molar refractivity (Wildman–Crippen MR) is 108 cm³/mol. The number of hydrogen-bond acceptors (Lipinski definition) is 6. The quantitative estimate of drug-likeness (QED) is 0.680. The molecule has 0 spiro atoms. The Morgan fingerprint density at radius 1 is 1.19 bits per heavy atom. The lowest BCUT2D eigenvalue weighted by Crippen LogP contribution is -2.13. The lowest BCUT2D eigenvalue weighted by molar-refractivity contribution is 0.0526. The Labute approximate surface area is 159 Å². The van der Waals surface area contributed by atoms with E-state index in [1.807, 2.05) is 27.7 Å². The topological polar surface area (TPSA) is 116 Å². The molecule has 0 saturated heterocycles. The third kappa shape index (κ3) is 6.34. The standard InChI is InChI=1S/C14H12N4O3.2C2H6.CH5N/c1-2-21-13(20)9-7-15-18(8-9)14-16-11-6-4-3-5-10(11)12(19)17-14;3*1-2/h3-8H,2H2,1H3,(H,16,17,19);2*1-2H3;2H2,1H3. The number of benzene rings is 1. The molecule has 3 rings (SSSR count). The highest BCUT2D eigenvalue weighted by molar-refractivity contribution is 5.88. The van der Waals surface area contributed by atoms with Crippen molar-refractivity contribution < 1.29 is 9.53 Å². The van der Waals surface area contributed by atoms with Crippen molar-refractivity contribution in [2.24, 2.45) is 5.73 Å². The van der Waals surface area contributed by atoms with Gasteiger partial charge in [-0.3, -0.25) is 9.78 Å². The van der Waals surface area contributed by atoms with Gasteiger partial charge in [-0.15, -0.1) is 0 Å². The molecule has 3 N–H and O–H groups in total. The van der Waals surface area contributed by atoms with E-state index >= 15 is 0 Å². The summed E-state index contributed by atoms with van der Waals surface area (Å²) in [5.41, 5.74) is 5.10. The molecule has 148 valence electrons. The van der Waals surface area contributed by atoms with E-state index in [0.717, 1.165) is 0 Å². The van der Waals surface area contributed by atoms with Crippen LogP contribution in [0.5, 0.6) is 0 Å². The third-order valence-corrected chi connectivity index (χ3v) is 2.91. The van der Waals surface area contributed by atoms with E-state index in [4.69, 9.17) is 4.74 Å². The fourth-order valence-corrected chi connectivity index (χ4v) is 1.94. The molecule has 2 aromatic heterocycles. The highest BCUT2D eigenvalue weighted by Crippen LogP contribution is 2.09. The minimum Gasteiger partial charge on any atom is -0.462 e. The number of nitrogens with two attached hydrogens (primary N) is 1. The molecule has 1 aromatic carbocycles. The summed E-state index contributed by atoms with van der Waals surface area (Å²) in [6.07, 6.45) is 2.83. The number of ether oxygens (including phenoxy) is 1. The van der Waals surface area contributed by atoms with Gasteiger partial charge in [-0.2, -0.15) is 5.10 Å². The Kier molecular flexibility index (Phi) is 11.8. The van der Waals surface area contributed by atoms with E-state index in [1.54, 1.807) is 31.2 Å². The lowest BCUT2D eigenvalue weighted by atomic mass is 10.2. The van der Waals surface area contributed by atoms with E-state index < -0.39 is 5.97 Å². The molecule has 0 atom stereocenters. The van der Waals surface area contributed by atoms with Crippen molar-refractivity contribution in [1.82, 2.24) is 19.7 Å². The number of para-hydroxylation sites is 1. The number of aromatic nitrogens is 4. The van der Waals surface area contributed by atoms with E-state index in [9.17, 15) is 9.59 Å². The van der Waals surface area contributed by atoms with Crippen molar-refractivity contribution in [3.63, 3.8) is 0 Å². The van der Waals surface area contributed by atoms with Crippen molar-refractivity contribution >= 4 is 16.9 Å². The molecular formula is C19H29N5O3. The molecule has 0 fully saturated rings. The number of carbonyl (C=O) groups excluding carboxylic acids is 1. The first-order valence-corrected chi connectivity index (χ1v) is 8.98. The fourth-order valence-electron chi connectivity index (χ4n) is 1.94. The lowest BCUT2D eigenvalue weighted by Gasteiger charge is -2.02. The van der Waals surface area contributed by atoms with Gasteiger partial charge in [0.25, 0.3) is 5.56 Å². The largest absolute Gasteiger partial charge is 0.462 e. The number of aromatic amines is 1. The average Bonchev–Trinajstić information content (AvgIpc) is 3.23. The maximum atomic E-state index is 12.0. The number of nitrogens with zero attached hydrogens (tertiary/aromatic N) is 3. The third-order valence-electron chi connectivity index (χ3n) is 2.91. The summed E-state index contributed by atoms with van der Waals surface area (Å²) in [6.45, 7) is 10.0. The maximum Gasteiger partial charge on any atom is 0.341 e. The molecule has 0 bridgehead atoms. The second-order valence-corrected chi connectivity index (χ2v) is 4.30. The SMILES string of the molecule is CC.CC.CCOC(=O)c1cnn(-c2nc3ccccc3c(=O)[nH]2)c1.CN. The summed E-state index contributed by atoms with van der Waals surface area (Å²) in [4.78, 5) is 30.5. The van der Waals surface area contributed by atoms with Crippen molar-refractivity contribution in [1.29, 1.82) is 0 Å². The van der Waals surface area contributed by atoms with Crippen LogP contribution in [0.3, 0.4) is 0 Å². The Morgan fingerprint density at radius 2 is 1.81 bits per heavy atom. The second-order valence-electron chi connectivity index (χ2n) is 4.30. The molecular weight excluding hydrogens is 346 g/mol. The first-order valence-electron chi connectivity index (χ1n) is 8.98. The number of fused-ring (bicyclic) bond motifs is 1. The minimum absolute atomic E-state index is 0.245. The summed E-state index contributed by atoms with van der Waals surface area (Å²) >= 11 is 0.